The molecule has 0 unspecified atom stereocenters. The molecule has 2 rings (SSSR count). The Labute approximate surface area is 110 Å². The number of aliphatic carboxylic acids is 1. The minimum Gasteiger partial charge on any atom is -0.480 e. The second kappa shape index (κ2) is 5.79. The van der Waals surface area contributed by atoms with Crippen LogP contribution in [-0.4, -0.2) is 63.4 Å². The van der Waals surface area contributed by atoms with Crippen LogP contribution in [0.5, 0.6) is 0 Å². The highest BCUT2D eigenvalue weighted by Gasteiger charge is 2.39. The van der Waals surface area contributed by atoms with E-state index in [9.17, 15) is 14.7 Å². The lowest BCUT2D eigenvalue weighted by molar-refractivity contribution is -0.141. The van der Waals surface area contributed by atoms with Crippen LogP contribution in [0.4, 0.5) is 4.79 Å². The number of thioether (sulfide) groups is 1. The molecule has 2 aliphatic heterocycles. The molecule has 0 radical (unpaired) electrons. The average molecular weight is 274 g/mol. The van der Waals surface area contributed by atoms with Gasteiger partial charge in [0.05, 0.1) is 6.10 Å². The van der Waals surface area contributed by atoms with Gasteiger partial charge in [-0.05, 0) is 24.3 Å². The standard InChI is InChI=1S/C11H18N2O4S/c14-8-5-9(10(15)16)13(6-8)11(17)12-7-1-3-18-4-2-7/h7-9,14H,1-6H2,(H,12,17)(H,15,16)/t8-,9-/m1/s1. The van der Waals surface area contributed by atoms with Crippen LogP contribution >= 0.6 is 11.8 Å². The lowest BCUT2D eigenvalue weighted by Crippen LogP contribution is -2.50. The zero-order chi connectivity index (χ0) is 13.1. The van der Waals surface area contributed by atoms with Crippen LogP contribution in [-0.2, 0) is 4.79 Å². The first kappa shape index (κ1) is 13.5. The summed E-state index contributed by atoms with van der Waals surface area (Å²) in [4.78, 5) is 24.3. The van der Waals surface area contributed by atoms with Crippen LogP contribution in [0, 0.1) is 0 Å². The Morgan fingerprint density at radius 2 is 1.94 bits per heavy atom. The van der Waals surface area contributed by atoms with E-state index in [1.807, 2.05) is 11.8 Å². The van der Waals surface area contributed by atoms with Crippen LogP contribution in [0.25, 0.3) is 0 Å². The molecule has 0 aliphatic carbocycles. The molecule has 0 bridgehead atoms. The van der Waals surface area contributed by atoms with Gasteiger partial charge in [-0.15, -0.1) is 0 Å². The van der Waals surface area contributed by atoms with E-state index in [0.717, 1.165) is 24.3 Å². The minimum absolute atomic E-state index is 0.101. The number of urea groups is 1. The number of carboxylic acid groups (broad SMARTS) is 1. The number of rotatable bonds is 2. The van der Waals surface area contributed by atoms with Gasteiger partial charge in [-0.1, -0.05) is 0 Å². The summed E-state index contributed by atoms with van der Waals surface area (Å²) in [7, 11) is 0. The highest BCUT2D eigenvalue weighted by Crippen LogP contribution is 2.20. The Hall–Kier alpha value is -0.950. The molecule has 102 valence electrons. The van der Waals surface area contributed by atoms with E-state index < -0.39 is 18.1 Å². The van der Waals surface area contributed by atoms with Crippen LogP contribution in [0.2, 0.25) is 0 Å². The summed E-state index contributed by atoms with van der Waals surface area (Å²) < 4.78 is 0. The summed E-state index contributed by atoms with van der Waals surface area (Å²) in [5.74, 6) is 0.993. The number of hydrogen-bond donors (Lipinski definition) is 3. The quantitative estimate of drug-likeness (QED) is 0.665. The molecule has 2 amide bonds. The zero-order valence-corrected chi connectivity index (χ0v) is 10.9. The number of β-amino-alcohol motifs (C(OH)–C–C–N with tert-alkyl or cyclic N) is 1. The number of amides is 2. The first-order chi connectivity index (χ1) is 8.58. The molecule has 2 aliphatic rings. The molecule has 2 atom stereocenters. The molecule has 0 saturated carbocycles. The number of carbonyl (C=O) groups excluding carboxylic acids is 1. The number of hydrogen-bond acceptors (Lipinski definition) is 4. The van der Waals surface area contributed by atoms with Crippen molar-refractivity contribution < 1.29 is 19.8 Å². The maximum atomic E-state index is 12.0. The SMILES string of the molecule is O=C(O)[C@H]1C[C@@H](O)CN1C(=O)NC1CCSCC1. The van der Waals surface area contributed by atoms with Gasteiger partial charge in [0.1, 0.15) is 6.04 Å². The van der Waals surface area contributed by atoms with Crippen LogP contribution in [0.3, 0.4) is 0 Å². The number of carboxylic acids is 1. The summed E-state index contributed by atoms with van der Waals surface area (Å²) in [6.45, 7) is 0.101. The third-order valence-electron chi connectivity index (χ3n) is 3.37. The Kier molecular flexibility index (Phi) is 4.34. The van der Waals surface area contributed by atoms with E-state index >= 15 is 0 Å². The smallest absolute Gasteiger partial charge is 0.326 e. The summed E-state index contributed by atoms with van der Waals surface area (Å²) >= 11 is 1.86. The van der Waals surface area contributed by atoms with Crippen molar-refractivity contribution >= 4 is 23.8 Å². The average Bonchev–Trinajstić information content (AvgIpc) is 2.73. The van der Waals surface area contributed by atoms with E-state index in [4.69, 9.17) is 5.11 Å². The summed E-state index contributed by atoms with van der Waals surface area (Å²) in [5, 5.41) is 21.4. The molecule has 0 aromatic rings. The highest BCUT2D eigenvalue weighted by atomic mass is 32.2. The Balaban J connectivity index is 1.92. The van der Waals surface area contributed by atoms with E-state index in [-0.39, 0.29) is 25.0 Å². The lowest BCUT2D eigenvalue weighted by atomic mass is 10.1. The van der Waals surface area contributed by atoms with Crippen molar-refractivity contribution in [2.75, 3.05) is 18.1 Å². The van der Waals surface area contributed by atoms with Crippen molar-refractivity contribution in [3.63, 3.8) is 0 Å². The topological polar surface area (TPSA) is 89.9 Å². The molecule has 2 fully saturated rings. The Bertz CT molecular complexity index is 333. The van der Waals surface area contributed by atoms with Gasteiger partial charge in [-0.25, -0.2) is 9.59 Å². The minimum atomic E-state index is -1.05. The Morgan fingerprint density at radius 1 is 1.28 bits per heavy atom. The molecule has 0 spiro atoms. The number of aliphatic hydroxyl groups excluding tert-OH is 1. The molecular weight excluding hydrogens is 256 g/mol. The van der Waals surface area contributed by atoms with Crippen molar-refractivity contribution in [3.8, 4) is 0 Å². The molecule has 7 heteroatoms. The maximum Gasteiger partial charge on any atom is 0.326 e. The third kappa shape index (κ3) is 3.08. The zero-order valence-electron chi connectivity index (χ0n) is 10.0. The van der Waals surface area contributed by atoms with E-state index in [1.165, 1.54) is 4.90 Å². The van der Waals surface area contributed by atoms with Crippen molar-refractivity contribution in [1.29, 1.82) is 0 Å². The molecular formula is C11H18N2O4S. The van der Waals surface area contributed by atoms with Crippen molar-refractivity contribution in [1.82, 2.24) is 10.2 Å². The predicted molar refractivity (Wildman–Crippen MR) is 67.6 cm³/mol. The van der Waals surface area contributed by atoms with Crippen molar-refractivity contribution in [2.24, 2.45) is 0 Å². The van der Waals surface area contributed by atoms with Crippen LogP contribution < -0.4 is 5.32 Å². The summed E-state index contributed by atoms with van der Waals surface area (Å²) in [6, 6.07) is -1.14. The fraction of sp³-hybridized carbons (Fsp3) is 0.818. The molecule has 2 saturated heterocycles. The third-order valence-corrected chi connectivity index (χ3v) is 4.42. The van der Waals surface area contributed by atoms with E-state index in [1.54, 1.807) is 0 Å². The molecule has 0 aromatic carbocycles. The van der Waals surface area contributed by atoms with Gasteiger partial charge in [-0.3, -0.25) is 0 Å². The van der Waals surface area contributed by atoms with Crippen LogP contribution in [0.1, 0.15) is 19.3 Å². The highest BCUT2D eigenvalue weighted by molar-refractivity contribution is 7.99. The molecule has 6 nitrogen and oxygen atoms in total. The monoisotopic (exact) mass is 274 g/mol. The maximum absolute atomic E-state index is 12.0. The summed E-state index contributed by atoms with van der Waals surface area (Å²) in [5.41, 5.74) is 0. The fourth-order valence-corrected chi connectivity index (χ4v) is 3.48. The number of nitrogens with one attached hydrogen (secondary N) is 1. The van der Waals surface area contributed by atoms with Gasteiger partial charge in [0.2, 0.25) is 0 Å². The molecule has 18 heavy (non-hydrogen) atoms. The molecule has 0 aromatic heterocycles. The fourth-order valence-electron chi connectivity index (χ4n) is 2.37. The first-order valence-corrected chi connectivity index (χ1v) is 7.29. The Morgan fingerprint density at radius 3 is 2.56 bits per heavy atom. The van der Waals surface area contributed by atoms with Gasteiger partial charge in [0, 0.05) is 19.0 Å². The van der Waals surface area contributed by atoms with E-state index in [0.29, 0.717) is 0 Å². The number of aliphatic hydroxyl groups is 1. The van der Waals surface area contributed by atoms with Gasteiger partial charge < -0.3 is 20.4 Å². The first-order valence-electron chi connectivity index (χ1n) is 6.13. The molecule has 3 N–H and O–H groups in total. The lowest BCUT2D eigenvalue weighted by Gasteiger charge is -2.27. The normalized spacial score (nSPS) is 29.3. The largest absolute Gasteiger partial charge is 0.480 e. The van der Waals surface area contributed by atoms with Crippen molar-refractivity contribution in [3.05, 3.63) is 0 Å². The number of nitrogens with zero attached hydrogens (tertiary/aromatic N) is 1. The second-order valence-electron chi connectivity index (χ2n) is 4.73. The van der Waals surface area contributed by atoms with Gasteiger partial charge in [0.25, 0.3) is 0 Å². The van der Waals surface area contributed by atoms with Gasteiger partial charge in [-0.2, -0.15) is 11.8 Å². The van der Waals surface area contributed by atoms with Gasteiger partial charge in [0.15, 0.2) is 0 Å². The van der Waals surface area contributed by atoms with Gasteiger partial charge >= 0.3 is 12.0 Å². The second-order valence-corrected chi connectivity index (χ2v) is 5.96. The number of likely N-dealkylation sites (tertiary alicyclic amines) is 1. The van der Waals surface area contributed by atoms with Crippen LogP contribution in [0.15, 0.2) is 0 Å². The van der Waals surface area contributed by atoms with E-state index in [2.05, 4.69) is 5.32 Å². The summed E-state index contributed by atoms with van der Waals surface area (Å²) in [6.07, 6.45) is 1.22. The van der Waals surface area contributed by atoms with Crippen molar-refractivity contribution in [2.45, 2.75) is 37.5 Å². The number of carbonyl (C=O) groups is 2. The predicted octanol–water partition coefficient (Wildman–Crippen LogP) is 0.111. The molecule has 2 heterocycles.